The lowest BCUT2D eigenvalue weighted by Gasteiger charge is -2.40. The summed E-state index contributed by atoms with van der Waals surface area (Å²) in [5.41, 5.74) is 0.428. The Morgan fingerprint density at radius 2 is 2.22 bits per heavy atom. The smallest absolute Gasteiger partial charge is 0.276 e. The van der Waals surface area contributed by atoms with Gasteiger partial charge >= 0.3 is 0 Å². The molecule has 0 radical (unpaired) electrons. The van der Waals surface area contributed by atoms with E-state index in [9.17, 15) is 4.79 Å². The predicted octanol–water partition coefficient (Wildman–Crippen LogP) is 1.55. The average Bonchev–Trinajstić information content (AvgIpc) is 3.07. The van der Waals surface area contributed by atoms with Gasteiger partial charge in [-0.25, -0.2) is 0 Å². The van der Waals surface area contributed by atoms with Crippen molar-refractivity contribution >= 4 is 5.91 Å². The molecule has 23 heavy (non-hydrogen) atoms. The van der Waals surface area contributed by atoms with Crippen molar-refractivity contribution in [2.45, 2.75) is 38.3 Å². The number of hydrogen-bond donors (Lipinski definition) is 0. The molecule has 126 valence electrons. The Morgan fingerprint density at radius 1 is 1.39 bits per heavy atom. The quantitative estimate of drug-likeness (QED) is 0.843. The molecule has 6 heteroatoms. The fourth-order valence-corrected chi connectivity index (χ4v) is 4.21. The van der Waals surface area contributed by atoms with E-state index in [-0.39, 0.29) is 18.1 Å². The third kappa shape index (κ3) is 2.90. The number of carbonyl (C=O) groups is 1. The van der Waals surface area contributed by atoms with Gasteiger partial charge in [0.25, 0.3) is 5.91 Å². The molecule has 1 aromatic rings. The third-order valence-electron chi connectivity index (χ3n) is 5.56. The van der Waals surface area contributed by atoms with E-state index in [4.69, 9.17) is 9.26 Å². The maximum Gasteiger partial charge on any atom is 0.276 e. The Kier molecular flexibility index (Phi) is 3.89. The standard InChI is InChI=1S/C17H25N3O3/c1-11-7-14(18-23-11)17(21)20-6-5-16(22-2)13-9-19(10-15(13)20)8-12-3-4-12/h7,12-13,15-16H,3-6,8-10H2,1-2H3/t13-,15+,16+/m1/s1. The van der Waals surface area contributed by atoms with Crippen molar-refractivity contribution in [3.8, 4) is 0 Å². The van der Waals surface area contributed by atoms with Crippen LogP contribution in [0.5, 0.6) is 0 Å². The van der Waals surface area contributed by atoms with Gasteiger partial charge in [-0.3, -0.25) is 4.79 Å². The van der Waals surface area contributed by atoms with Gasteiger partial charge in [0.15, 0.2) is 5.69 Å². The van der Waals surface area contributed by atoms with E-state index in [1.165, 1.54) is 19.4 Å². The number of aromatic nitrogens is 1. The van der Waals surface area contributed by atoms with E-state index < -0.39 is 0 Å². The first kappa shape index (κ1) is 15.1. The highest BCUT2D eigenvalue weighted by molar-refractivity contribution is 5.92. The molecular weight excluding hydrogens is 294 g/mol. The minimum Gasteiger partial charge on any atom is -0.381 e. The highest BCUT2D eigenvalue weighted by Crippen LogP contribution is 2.36. The van der Waals surface area contributed by atoms with Gasteiger partial charge in [0.1, 0.15) is 5.76 Å². The first-order valence-corrected chi connectivity index (χ1v) is 8.65. The van der Waals surface area contributed by atoms with Gasteiger partial charge in [0.2, 0.25) is 0 Å². The molecule has 6 nitrogen and oxygen atoms in total. The molecule has 3 aliphatic rings. The zero-order valence-corrected chi connectivity index (χ0v) is 13.9. The maximum atomic E-state index is 12.8. The lowest BCUT2D eigenvalue weighted by molar-refractivity contribution is -0.0159. The maximum absolute atomic E-state index is 12.8. The van der Waals surface area contributed by atoms with E-state index in [1.54, 1.807) is 13.2 Å². The predicted molar refractivity (Wildman–Crippen MR) is 84.1 cm³/mol. The van der Waals surface area contributed by atoms with Crippen LogP contribution >= 0.6 is 0 Å². The minimum absolute atomic E-state index is 0.000301. The Labute approximate surface area is 136 Å². The van der Waals surface area contributed by atoms with Crippen LogP contribution in [0.4, 0.5) is 0 Å². The van der Waals surface area contributed by atoms with Crippen LogP contribution in [0, 0.1) is 18.8 Å². The molecule has 0 aromatic carbocycles. The van der Waals surface area contributed by atoms with Crippen LogP contribution in [-0.2, 0) is 4.74 Å². The second-order valence-corrected chi connectivity index (χ2v) is 7.28. The Hall–Kier alpha value is -1.40. The van der Waals surface area contributed by atoms with E-state index in [0.717, 1.165) is 32.0 Å². The number of ether oxygens (including phenoxy) is 1. The van der Waals surface area contributed by atoms with E-state index >= 15 is 0 Å². The van der Waals surface area contributed by atoms with Crippen LogP contribution in [0.2, 0.25) is 0 Å². The molecule has 0 spiro atoms. The van der Waals surface area contributed by atoms with Gasteiger partial charge in [0, 0.05) is 45.3 Å². The molecule has 0 bridgehead atoms. The van der Waals surface area contributed by atoms with Crippen molar-refractivity contribution in [2.24, 2.45) is 11.8 Å². The van der Waals surface area contributed by atoms with E-state index in [0.29, 0.717) is 17.4 Å². The van der Waals surface area contributed by atoms with Crippen molar-refractivity contribution in [3.05, 3.63) is 17.5 Å². The topological polar surface area (TPSA) is 58.8 Å². The van der Waals surface area contributed by atoms with Gasteiger partial charge in [-0.15, -0.1) is 0 Å². The number of amides is 1. The van der Waals surface area contributed by atoms with Crippen LogP contribution in [0.25, 0.3) is 0 Å². The zero-order valence-electron chi connectivity index (χ0n) is 13.9. The first-order valence-electron chi connectivity index (χ1n) is 8.65. The van der Waals surface area contributed by atoms with Crippen LogP contribution in [-0.4, -0.2) is 66.3 Å². The monoisotopic (exact) mass is 319 g/mol. The Balaban J connectivity index is 1.52. The largest absolute Gasteiger partial charge is 0.381 e. The number of nitrogens with zero attached hydrogens (tertiary/aromatic N) is 3. The average molecular weight is 319 g/mol. The third-order valence-corrected chi connectivity index (χ3v) is 5.56. The normalized spacial score (nSPS) is 31.4. The Morgan fingerprint density at radius 3 is 2.87 bits per heavy atom. The second-order valence-electron chi connectivity index (χ2n) is 7.28. The molecule has 3 fully saturated rings. The molecule has 3 heterocycles. The van der Waals surface area contributed by atoms with Crippen molar-refractivity contribution in [3.63, 3.8) is 0 Å². The fourth-order valence-electron chi connectivity index (χ4n) is 4.21. The number of likely N-dealkylation sites (tertiary alicyclic amines) is 2. The van der Waals surface area contributed by atoms with Crippen molar-refractivity contribution in [1.29, 1.82) is 0 Å². The minimum atomic E-state index is -0.000301. The summed E-state index contributed by atoms with van der Waals surface area (Å²) in [7, 11) is 1.80. The van der Waals surface area contributed by atoms with E-state index in [1.807, 2.05) is 11.8 Å². The molecule has 1 aromatic heterocycles. The van der Waals surface area contributed by atoms with Gasteiger partial charge in [0.05, 0.1) is 12.1 Å². The molecule has 2 aliphatic heterocycles. The second kappa shape index (κ2) is 5.91. The fraction of sp³-hybridized carbons (Fsp3) is 0.765. The molecule has 1 aliphatic carbocycles. The number of aryl methyl sites for hydroxylation is 1. The number of methoxy groups -OCH3 is 1. The molecule has 3 atom stereocenters. The first-order chi connectivity index (χ1) is 11.2. The van der Waals surface area contributed by atoms with Gasteiger partial charge < -0.3 is 19.1 Å². The SMILES string of the molecule is CO[C@H]1CCN(C(=O)c2cc(C)on2)[C@H]2CN(CC3CC3)C[C@@H]12. The summed E-state index contributed by atoms with van der Waals surface area (Å²) in [6.07, 6.45) is 3.88. The lowest BCUT2D eigenvalue weighted by Crippen LogP contribution is -2.53. The Bertz CT molecular complexity index is 583. The highest BCUT2D eigenvalue weighted by Gasteiger charge is 2.47. The number of fused-ring (bicyclic) bond motifs is 1. The van der Waals surface area contributed by atoms with Crippen LogP contribution in [0.15, 0.2) is 10.6 Å². The van der Waals surface area contributed by atoms with Gasteiger partial charge in [-0.05, 0) is 32.1 Å². The lowest BCUT2D eigenvalue weighted by atomic mass is 9.89. The summed E-state index contributed by atoms with van der Waals surface area (Å²) in [6.45, 7) is 5.73. The van der Waals surface area contributed by atoms with Crippen LogP contribution in [0.3, 0.4) is 0 Å². The zero-order chi connectivity index (χ0) is 16.0. The summed E-state index contributed by atoms with van der Waals surface area (Å²) < 4.78 is 10.8. The molecular formula is C17H25N3O3. The van der Waals surface area contributed by atoms with Crippen LogP contribution < -0.4 is 0 Å². The molecule has 0 unspecified atom stereocenters. The van der Waals surface area contributed by atoms with E-state index in [2.05, 4.69) is 10.1 Å². The number of hydrogen-bond acceptors (Lipinski definition) is 5. The molecule has 1 amide bonds. The van der Waals surface area contributed by atoms with Crippen molar-refractivity contribution in [2.75, 3.05) is 33.3 Å². The van der Waals surface area contributed by atoms with Gasteiger partial charge in [-0.1, -0.05) is 5.16 Å². The summed E-state index contributed by atoms with van der Waals surface area (Å²) in [6, 6.07) is 1.97. The molecule has 1 saturated carbocycles. The van der Waals surface area contributed by atoms with Crippen LogP contribution in [0.1, 0.15) is 35.5 Å². The summed E-state index contributed by atoms with van der Waals surface area (Å²) in [4.78, 5) is 17.4. The summed E-state index contributed by atoms with van der Waals surface area (Å²) in [5, 5.41) is 3.91. The highest BCUT2D eigenvalue weighted by atomic mass is 16.5. The summed E-state index contributed by atoms with van der Waals surface area (Å²) in [5.74, 6) is 1.96. The number of carbonyl (C=O) groups excluding carboxylic acids is 1. The molecule has 2 saturated heterocycles. The molecule has 0 N–H and O–H groups in total. The van der Waals surface area contributed by atoms with Crippen molar-refractivity contribution < 1.29 is 14.1 Å². The number of rotatable bonds is 4. The molecule has 4 rings (SSSR count). The van der Waals surface area contributed by atoms with Gasteiger partial charge in [-0.2, -0.15) is 0 Å². The van der Waals surface area contributed by atoms with Crippen molar-refractivity contribution in [1.82, 2.24) is 15.0 Å². The number of piperidine rings is 1. The summed E-state index contributed by atoms with van der Waals surface area (Å²) >= 11 is 0.